The Hall–Kier alpha value is -1.77. The third kappa shape index (κ3) is 4.92. The molecule has 1 rings (SSSR count). The Kier molecular flexibility index (Phi) is 6.47. The Morgan fingerprint density at radius 2 is 2.05 bits per heavy atom. The summed E-state index contributed by atoms with van der Waals surface area (Å²) in [5.41, 5.74) is 0.208. The number of hydrogen-bond donors (Lipinski definition) is 1. The molecule has 0 heterocycles. The van der Waals surface area contributed by atoms with Crippen molar-refractivity contribution in [1.29, 1.82) is 5.26 Å². The van der Waals surface area contributed by atoms with E-state index in [2.05, 4.69) is 5.32 Å². The highest BCUT2D eigenvalue weighted by Gasteiger charge is 2.26. The van der Waals surface area contributed by atoms with E-state index in [1.54, 1.807) is 19.9 Å². The molecule has 0 aliphatic heterocycles. The number of rotatable bonds is 5. The van der Waals surface area contributed by atoms with Crippen molar-refractivity contribution in [3.05, 3.63) is 33.8 Å². The van der Waals surface area contributed by atoms with Gasteiger partial charge in [-0.2, -0.15) is 5.26 Å². The van der Waals surface area contributed by atoms with Crippen molar-refractivity contribution in [2.75, 3.05) is 6.61 Å². The van der Waals surface area contributed by atoms with Gasteiger partial charge in [-0.1, -0.05) is 37.0 Å². The highest BCUT2D eigenvalue weighted by Crippen LogP contribution is 2.21. The molecule has 0 aromatic heterocycles. The molecule has 0 spiro atoms. The fraction of sp³-hybridized carbons (Fsp3) is 0.357. The second-order valence-electron chi connectivity index (χ2n) is 4.59. The van der Waals surface area contributed by atoms with E-state index in [9.17, 15) is 9.59 Å². The molecule has 0 saturated heterocycles. The maximum Gasteiger partial charge on any atom is 0.329 e. The van der Waals surface area contributed by atoms with Crippen LogP contribution in [0.25, 0.3) is 0 Å². The van der Waals surface area contributed by atoms with Crippen LogP contribution in [0.15, 0.2) is 18.2 Å². The van der Waals surface area contributed by atoms with Gasteiger partial charge in [0.2, 0.25) is 0 Å². The SMILES string of the molecule is CC(C)[C@H](NC(=O)c1ccc(Cl)cc1Cl)C(=O)OCC#N. The first kappa shape index (κ1) is 17.3. The van der Waals surface area contributed by atoms with E-state index >= 15 is 0 Å². The van der Waals surface area contributed by atoms with Gasteiger partial charge in [0.25, 0.3) is 5.91 Å². The molecule has 0 aliphatic carbocycles. The van der Waals surface area contributed by atoms with Crippen LogP contribution in [0.5, 0.6) is 0 Å². The Balaban J connectivity index is 2.86. The maximum absolute atomic E-state index is 12.2. The summed E-state index contributed by atoms with van der Waals surface area (Å²) < 4.78 is 4.73. The van der Waals surface area contributed by atoms with Crippen LogP contribution in [0.1, 0.15) is 24.2 Å². The molecule has 1 atom stereocenters. The van der Waals surface area contributed by atoms with Crippen LogP contribution in [0.3, 0.4) is 0 Å². The normalized spacial score (nSPS) is 11.6. The maximum atomic E-state index is 12.2. The Labute approximate surface area is 132 Å². The monoisotopic (exact) mass is 328 g/mol. The summed E-state index contributed by atoms with van der Waals surface area (Å²) in [6.45, 7) is 3.14. The zero-order valence-corrected chi connectivity index (χ0v) is 13.0. The second-order valence-corrected chi connectivity index (χ2v) is 5.43. The number of carbonyl (C=O) groups is 2. The van der Waals surface area contributed by atoms with E-state index in [4.69, 9.17) is 33.2 Å². The second kappa shape index (κ2) is 7.87. The summed E-state index contributed by atoms with van der Waals surface area (Å²) in [5, 5.41) is 11.6. The number of nitriles is 1. The third-order valence-corrected chi connectivity index (χ3v) is 3.21. The molecule has 1 aromatic rings. The first-order valence-corrected chi connectivity index (χ1v) is 6.92. The van der Waals surface area contributed by atoms with Crippen LogP contribution in [0.2, 0.25) is 10.0 Å². The summed E-state index contributed by atoms with van der Waals surface area (Å²) >= 11 is 11.7. The fourth-order valence-corrected chi connectivity index (χ4v) is 2.08. The van der Waals surface area contributed by atoms with E-state index in [0.717, 1.165) is 0 Å². The molecule has 0 radical (unpaired) electrons. The molecule has 0 unspecified atom stereocenters. The summed E-state index contributed by atoms with van der Waals surface area (Å²) in [6.07, 6.45) is 0. The van der Waals surface area contributed by atoms with Crippen molar-refractivity contribution in [2.45, 2.75) is 19.9 Å². The Morgan fingerprint density at radius 3 is 2.57 bits per heavy atom. The molecule has 1 amide bonds. The minimum atomic E-state index is -0.863. The van der Waals surface area contributed by atoms with E-state index < -0.39 is 17.9 Å². The summed E-state index contributed by atoms with van der Waals surface area (Å²) in [4.78, 5) is 24.0. The largest absolute Gasteiger partial charge is 0.449 e. The lowest BCUT2D eigenvalue weighted by molar-refractivity contribution is -0.145. The number of halogens is 2. The van der Waals surface area contributed by atoms with E-state index in [0.29, 0.717) is 5.02 Å². The Morgan fingerprint density at radius 1 is 1.38 bits per heavy atom. The Bertz CT molecular complexity index is 582. The summed E-state index contributed by atoms with van der Waals surface area (Å²) in [6, 6.07) is 5.28. The van der Waals surface area contributed by atoms with Gasteiger partial charge in [0.15, 0.2) is 6.61 Å². The number of hydrogen-bond acceptors (Lipinski definition) is 4. The number of nitrogens with zero attached hydrogens (tertiary/aromatic N) is 1. The number of nitrogens with one attached hydrogen (secondary N) is 1. The standard InChI is InChI=1S/C14H14Cl2N2O3/c1-8(2)12(14(20)21-6-5-17)18-13(19)10-4-3-9(15)7-11(10)16/h3-4,7-8,12H,6H2,1-2H3,(H,18,19)/t12-/m0/s1. The average molecular weight is 329 g/mol. The molecule has 21 heavy (non-hydrogen) atoms. The van der Waals surface area contributed by atoms with Crippen molar-refractivity contribution in [3.8, 4) is 6.07 Å². The van der Waals surface area contributed by atoms with Gasteiger partial charge in [-0.05, 0) is 24.1 Å². The van der Waals surface area contributed by atoms with Gasteiger partial charge in [-0.3, -0.25) is 4.79 Å². The van der Waals surface area contributed by atoms with Gasteiger partial charge in [0, 0.05) is 5.02 Å². The van der Waals surface area contributed by atoms with Gasteiger partial charge in [0.05, 0.1) is 10.6 Å². The number of ether oxygens (including phenoxy) is 1. The van der Waals surface area contributed by atoms with Crippen LogP contribution in [0.4, 0.5) is 0 Å². The van der Waals surface area contributed by atoms with E-state index in [1.165, 1.54) is 18.2 Å². The lowest BCUT2D eigenvalue weighted by Gasteiger charge is -2.20. The van der Waals surface area contributed by atoms with Crippen LogP contribution in [-0.2, 0) is 9.53 Å². The average Bonchev–Trinajstić information content (AvgIpc) is 2.41. The van der Waals surface area contributed by atoms with E-state index in [1.807, 2.05) is 0 Å². The zero-order valence-electron chi connectivity index (χ0n) is 11.5. The summed E-state index contributed by atoms with van der Waals surface area (Å²) in [5.74, 6) is -1.37. The lowest BCUT2D eigenvalue weighted by Crippen LogP contribution is -2.45. The predicted octanol–water partition coefficient (Wildman–Crippen LogP) is 2.81. The van der Waals surface area contributed by atoms with Gasteiger partial charge in [0.1, 0.15) is 12.1 Å². The number of esters is 1. The van der Waals surface area contributed by atoms with Crippen molar-refractivity contribution in [2.24, 2.45) is 5.92 Å². The molecule has 1 aromatic carbocycles. The molecule has 0 fully saturated rings. The van der Waals surface area contributed by atoms with Crippen molar-refractivity contribution >= 4 is 35.1 Å². The molecule has 1 N–H and O–H groups in total. The molecule has 0 saturated carbocycles. The van der Waals surface area contributed by atoms with Crippen LogP contribution in [-0.4, -0.2) is 24.5 Å². The molecule has 5 nitrogen and oxygen atoms in total. The van der Waals surface area contributed by atoms with Gasteiger partial charge in [-0.15, -0.1) is 0 Å². The molecule has 7 heteroatoms. The topological polar surface area (TPSA) is 79.2 Å². The smallest absolute Gasteiger partial charge is 0.329 e. The van der Waals surface area contributed by atoms with Gasteiger partial charge >= 0.3 is 5.97 Å². The van der Waals surface area contributed by atoms with Gasteiger partial charge in [-0.25, -0.2) is 4.79 Å². The van der Waals surface area contributed by atoms with Crippen molar-refractivity contribution in [3.63, 3.8) is 0 Å². The van der Waals surface area contributed by atoms with Gasteiger partial charge < -0.3 is 10.1 Å². The first-order valence-electron chi connectivity index (χ1n) is 6.16. The van der Waals surface area contributed by atoms with Crippen LogP contribution < -0.4 is 5.32 Å². The summed E-state index contributed by atoms with van der Waals surface area (Å²) in [7, 11) is 0. The minimum absolute atomic E-state index is 0.188. The number of amides is 1. The number of benzene rings is 1. The zero-order chi connectivity index (χ0) is 16.0. The molecular weight excluding hydrogens is 315 g/mol. The van der Waals surface area contributed by atoms with E-state index in [-0.39, 0.29) is 23.1 Å². The van der Waals surface area contributed by atoms with Crippen molar-refractivity contribution < 1.29 is 14.3 Å². The van der Waals surface area contributed by atoms with Crippen LogP contribution in [0, 0.1) is 17.2 Å². The fourth-order valence-electron chi connectivity index (χ4n) is 1.58. The van der Waals surface area contributed by atoms with Crippen molar-refractivity contribution in [1.82, 2.24) is 5.32 Å². The molecule has 112 valence electrons. The molecule has 0 aliphatic rings. The minimum Gasteiger partial charge on any atom is -0.449 e. The van der Waals surface area contributed by atoms with Crippen LogP contribution >= 0.6 is 23.2 Å². The molecule has 0 bridgehead atoms. The third-order valence-electron chi connectivity index (χ3n) is 2.66. The lowest BCUT2D eigenvalue weighted by atomic mass is 10.0. The number of carbonyl (C=O) groups excluding carboxylic acids is 2. The quantitative estimate of drug-likeness (QED) is 0.843. The first-order chi connectivity index (χ1) is 9.86. The highest BCUT2D eigenvalue weighted by atomic mass is 35.5. The molecular formula is C14H14Cl2N2O3. The predicted molar refractivity (Wildman–Crippen MR) is 79.1 cm³/mol. The highest BCUT2D eigenvalue weighted by molar-refractivity contribution is 6.36.